The molecule has 12 aromatic carbocycles. The second kappa shape index (κ2) is 14.0. The molecular formula is C64H38N4O2. The zero-order valence-corrected chi connectivity index (χ0v) is 37.5. The molecular weight excluding hydrogens is 857 g/mol. The van der Waals surface area contributed by atoms with Crippen molar-refractivity contribution in [2.45, 2.75) is 0 Å². The normalized spacial score (nSPS) is 13.0. The Bertz CT molecular complexity index is 4210. The van der Waals surface area contributed by atoms with Gasteiger partial charge in [-0.2, -0.15) is 0 Å². The first kappa shape index (κ1) is 37.6. The SMILES string of the molecule is c1ccc(-n2c3ccccc3c3cc4c(cc32)N(c2ccc3ccc5c(N6c7ccccc7Oc7cc8c9ccccc9n(-c9ccccc9)c8cc76)ccc6ccc2c3c65)c2ccccc2O4)cc1. The van der Waals surface area contributed by atoms with Gasteiger partial charge in [0.25, 0.3) is 0 Å². The molecule has 0 bridgehead atoms. The molecule has 16 rings (SSSR count). The van der Waals surface area contributed by atoms with E-state index in [4.69, 9.17) is 9.47 Å². The van der Waals surface area contributed by atoms with Gasteiger partial charge in [0, 0.05) is 43.7 Å². The van der Waals surface area contributed by atoms with E-state index in [0.29, 0.717) is 0 Å². The lowest BCUT2D eigenvalue weighted by Gasteiger charge is -2.35. The van der Waals surface area contributed by atoms with E-state index in [1.54, 1.807) is 0 Å². The highest BCUT2D eigenvalue weighted by atomic mass is 16.5. The maximum Gasteiger partial charge on any atom is 0.152 e. The third-order valence-corrected chi connectivity index (χ3v) is 14.8. The number of hydrogen-bond acceptors (Lipinski definition) is 4. The molecule has 0 aliphatic carbocycles. The molecule has 0 fully saturated rings. The van der Waals surface area contributed by atoms with Crippen molar-refractivity contribution in [1.82, 2.24) is 9.13 Å². The van der Waals surface area contributed by atoms with Gasteiger partial charge in [-0.05, 0) is 119 Å². The first-order chi connectivity index (χ1) is 34.7. The van der Waals surface area contributed by atoms with Crippen molar-refractivity contribution < 1.29 is 9.47 Å². The lowest BCUT2D eigenvalue weighted by molar-refractivity contribution is 0.477. The average Bonchev–Trinajstić information content (AvgIpc) is 3.92. The van der Waals surface area contributed by atoms with Crippen LogP contribution in [-0.4, -0.2) is 9.13 Å². The standard InChI is InChI=1S/C64H38N4O2/c1-3-15-41(16-4-1)65-49-21-9-7-19-43(49)47-35-61-57(37-55(47)65)67(53-23-11-13-25-59(53)69-61)51-33-29-39-28-32-46-52(34-30-40-27-31-45(51)63(39)64(40)46)68-54-24-12-14-26-60(54)70-62-36-48-44-20-8-10-22-50(44)66(56(48)38-58(62)68)42-17-5-2-6-18-42/h1-38H. The molecule has 6 heteroatoms. The summed E-state index contributed by atoms with van der Waals surface area (Å²) >= 11 is 0. The number of rotatable bonds is 4. The largest absolute Gasteiger partial charge is 0.453 e. The Morgan fingerprint density at radius 2 is 0.643 bits per heavy atom. The number of ether oxygens (including phenoxy) is 2. The average molecular weight is 895 g/mol. The monoisotopic (exact) mass is 894 g/mol. The quantitative estimate of drug-likeness (QED) is 0.165. The number of benzene rings is 12. The summed E-state index contributed by atoms with van der Waals surface area (Å²) in [5, 5.41) is 11.8. The van der Waals surface area contributed by atoms with Crippen molar-refractivity contribution in [3.8, 4) is 34.4 Å². The lowest BCUT2D eigenvalue weighted by Crippen LogP contribution is -2.17. The van der Waals surface area contributed by atoms with Crippen LogP contribution < -0.4 is 19.3 Å². The van der Waals surface area contributed by atoms with Gasteiger partial charge < -0.3 is 28.4 Å². The van der Waals surface area contributed by atoms with Crippen molar-refractivity contribution in [3.63, 3.8) is 0 Å². The maximum absolute atomic E-state index is 6.87. The fourth-order valence-corrected chi connectivity index (χ4v) is 11.8. The minimum absolute atomic E-state index is 0.819. The van der Waals surface area contributed by atoms with Crippen molar-refractivity contribution in [3.05, 3.63) is 231 Å². The number of fused-ring (bicyclic) bond motifs is 10. The van der Waals surface area contributed by atoms with E-state index in [2.05, 4.69) is 249 Å². The minimum atomic E-state index is 0.819. The molecule has 0 amide bonds. The summed E-state index contributed by atoms with van der Waals surface area (Å²) in [6.07, 6.45) is 0. The van der Waals surface area contributed by atoms with Crippen LogP contribution in [0.1, 0.15) is 0 Å². The van der Waals surface area contributed by atoms with E-state index in [9.17, 15) is 0 Å². The predicted octanol–water partition coefficient (Wildman–Crippen LogP) is 17.9. The fourth-order valence-electron chi connectivity index (χ4n) is 11.8. The van der Waals surface area contributed by atoms with Crippen LogP contribution in [0.4, 0.5) is 34.1 Å². The summed E-state index contributed by atoms with van der Waals surface area (Å²) in [6, 6.07) is 83.0. The third kappa shape index (κ3) is 5.11. The first-order valence-electron chi connectivity index (χ1n) is 23.8. The van der Waals surface area contributed by atoms with E-state index < -0.39 is 0 Å². The van der Waals surface area contributed by atoms with Gasteiger partial charge in [0.05, 0.1) is 56.2 Å². The van der Waals surface area contributed by atoms with E-state index in [1.807, 2.05) is 0 Å². The number of hydrogen-bond donors (Lipinski definition) is 0. The van der Waals surface area contributed by atoms with Gasteiger partial charge in [0.2, 0.25) is 0 Å². The Balaban J connectivity index is 0.940. The van der Waals surface area contributed by atoms with Crippen LogP contribution in [0.15, 0.2) is 231 Å². The van der Waals surface area contributed by atoms with Crippen LogP contribution in [0.25, 0.3) is 87.3 Å². The van der Waals surface area contributed by atoms with E-state index >= 15 is 0 Å². The Labute approximate surface area is 401 Å². The molecule has 0 unspecified atom stereocenters. The van der Waals surface area contributed by atoms with E-state index in [1.165, 1.54) is 32.3 Å². The van der Waals surface area contributed by atoms with Gasteiger partial charge in [0.1, 0.15) is 0 Å². The zero-order valence-electron chi connectivity index (χ0n) is 37.5. The molecule has 0 atom stereocenters. The summed E-state index contributed by atoms with van der Waals surface area (Å²) in [5.41, 5.74) is 12.9. The highest BCUT2D eigenvalue weighted by molar-refractivity contribution is 6.29. The Morgan fingerprint density at radius 3 is 1.11 bits per heavy atom. The molecule has 2 aromatic heterocycles. The van der Waals surface area contributed by atoms with Crippen LogP contribution in [0, 0.1) is 0 Å². The summed E-state index contributed by atoms with van der Waals surface area (Å²) in [4.78, 5) is 4.83. The highest BCUT2D eigenvalue weighted by Crippen LogP contribution is 2.57. The van der Waals surface area contributed by atoms with E-state index in [-0.39, 0.29) is 0 Å². The van der Waals surface area contributed by atoms with Crippen LogP contribution in [0.5, 0.6) is 23.0 Å². The fraction of sp³-hybridized carbons (Fsp3) is 0. The van der Waals surface area contributed by atoms with Crippen LogP contribution >= 0.6 is 0 Å². The molecule has 0 saturated carbocycles. The number of para-hydroxylation sites is 8. The molecule has 0 radical (unpaired) electrons. The Morgan fingerprint density at radius 1 is 0.243 bits per heavy atom. The predicted molar refractivity (Wildman–Crippen MR) is 288 cm³/mol. The summed E-state index contributed by atoms with van der Waals surface area (Å²) in [6.45, 7) is 0. The molecule has 6 nitrogen and oxygen atoms in total. The lowest BCUT2D eigenvalue weighted by atomic mass is 9.91. The van der Waals surface area contributed by atoms with Gasteiger partial charge in [-0.3, -0.25) is 0 Å². The summed E-state index contributed by atoms with van der Waals surface area (Å²) < 4.78 is 18.5. The second-order valence-corrected chi connectivity index (χ2v) is 18.5. The maximum atomic E-state index is 6.87. The molecule has 0 spiro atoms. The highest BCUT2D eigenvalue weighted by Gasteiger charge is 2.32. The smallest absolute Gasteiger partial charge is 0.152 e. The van der Waals surface area contributed by atoms with Crippen molar-refractivity contribution >= 4 is 110 Å². The molecule has 14 aromatic rings. The number of aromatic nitrogens is 2. The molecule has 0 saturated heterocycles. The molecule has 2 aliphatic rings. The number of anilines is 6. The van der Waals surface area contributed by atoms with Gasteiger partial charge in [-0.25, -0.2) is 0 Å². The van der Waals surface area contributed by atoms with Crippen LogP contribution in [0.3, 0.4) is 0 Å². The van der Waals surface area contributed by atoms with Crippen molar-refractivity contribution in [1.29, 1.82) is 0 Å². The van der Waals surface area contributed by atoms with Gasteiger partial charge in [0.15, 0.2) is 23.0 Å². The molecule has 70 heavy (non-hydrogen) atoms. The molecule has 4 heterocycles. The zero-order chi connectivity index (χ0) is 45.6. The van der Waals surface area contributed by atoms with Gasteiger partial charge in [-0.1, -0.05) is 133 Å². The van der Waals surface area contributed by atoms with Crippen molar-refractivity contribution in [2.75, 3.05) is 9.80 Å². The summed E-state index contributed by atoms with van der Waals surface area (Å²) in [5.74, 6) is 3.28. The molecule has 0 N–H and O–H groups in total. The number of nitrogens with zero attached hydrogens (tertiary/aromatic N) is 4. The third-order valence-electron chi connectivity index (χ3n) is 14.8. The van der Waals surface area contributed by atoms with Crippen LogP contribution in [0.2, 0.25) is 0 Å². The van der Waals surface area contributed by atoms with Crippen LogP contribution in [-0.2, 0) is 0 Å². The molecule has 2 aliphatic heterocycles. The Kier molecular flexibility index (Phi) is 7.52. The minimum Gasteiger partial charge on any atom is -0.453 e. The second-order valence-electron chi connectivity index (χ2n) is 18.5. The van der Waals surface area contributed by atoms with Gasteiger partial charge in [-0.15, -0.1) is 0 Å². The topological polar surface area (TPSA) is 34.8 Å². The van der Waals surface area contributed by atoms with Crippen molar-refractivity contribution in [2.24, 2.45) is 0 Å². The molecule has 326 valence electrons. The first-order valence-corrected chi connectivity index (χ1v) is 23.8. The van der Waals surface area contributed by atoms with Gasteiger partial charge >= 0.3 is 0 Å². The van der Waals surface area contributed by atoms with E-state index in [0.717, 1.165) is 112 Å². The Hall–Kier alpha value is -9.52. The summed E-state index contributed by atoms with van der Waals surface area (Å²) in [7, 11) is 0.